The first-order chi connectivity index (χ1) is 17.1. The molecule has 0 N–H and O–H groups in total. The quantitative estimate of drug-likeness (QED) is 0.200. The van der Waals surface area contributed by atoms with Crippen molar-refractivity contribution in [1.29, 1.82) is 0 Å². The zero-order valence-corrected chi connectivity index (χ0v) is 19.8. The molecule has 0 saturated heterocycles. The van der Waals surface area contributed by atoms with E-state index in [4.69, 9.17) is 4.74 Å². The Morgan fingerprint density at radius 2 is 1.11 bits per heavy atom. The molecule has 4 aromatic carbocycles. The van der Waals surface area contributed by atoms with Crippen molar-refractivity contribution in [2.45, 2.75) is 6.92 Å². The predicted octanol–water partition coefficient (Wildman–Crippen LogP) is 7.18. The van der Waals surface area contributed by atoms with E-state index in [9.17, 15) is 4.79 Å². The van der Waals surface area contributed by atoms with Crippen molar-refractivity contribution in [3.63, 3.8) is 0 Å². The van der Waals surface area contributed by atoms with Crippen molar-refractivity contribution in [1.82, 2.24) is 0 Å². The highest BCUT2D eigenvalue weighted by molar-refractivity contribution is 5.94. The molecule has 0 saturated carbocycles. The van der Waals surface area contributed by atoms with E-state index < -0.39 is 0 Å². The van der Waals surface area contributed by atoms with Crippen LogP contribution in [0.5, 0.6) is 5.75 Å². The monoisotopic (exact) mass is 456 g/mol. The first-order valence-electron chi connectivity index (χ1n) is 11.6. The lowest BCUT2D eigenvalue weighted by Crippen LogP contribution is -2.36. The number of carbonyl (C=O) groups excluding carboxylic acids is 1. The molecule has 0 bridgehead atoms. The van der Waals surface area contributed by atoms with Crippen LogP contribution in [0.25, 0.3) is 39.3 Å². The summed E-state index contributed by atoms with van der Waals surface area (Å²) in [7, 11) is 1.68. The van der Waals surface area contributed by atoms with Crippen molar-refractivity contribution in [2.24, 2.45) is 0 Å². The fourth-order valence-corrected chi connectivity index (χ4v) is 4.31. The average Bonchev–Trinajstić information content (AvgIpc) is 2.93. The number of pyridine rings is 1. The second-order valence-electron chi connectivity index (χ2n) is 8.41. The molecule has 1 heterocycles. The van der Waals surface area contributed by atoms with Crippen molar-refractivity contribution in [3.05, 3.63) is 127 Å². The van der Waals surface area contributed by atoms with Gasteiger partial charge in [-0.1, -0.05) is 48.5 Å². The number of carbonyl (C=O) groups is 1. The lowest BCUT2D eigenvalue weighted by molar-refractivity contribution is -0.572. The average molecular weight is 457 g/mol. The summed E-state index contributed by atoms with van der Waals surface area (Å²) >= 11 is 0. The summed E-state index contributed by atoms with van der Waals surface area (Å²) < 4.78 is 7.63. The van der Waals surface area contributed by atoms with Gasteiger partial charge in [-0.05, 0) is 66.6 Å². The van der Waals surface area contributed by atoms with Gasteiger partial charge < -0.3 is 4.74 Å². The molecule has 3 nitrogen and oxygen atoms in total. The highest BCUT2D eigenvalue weighted by atomic mass is 16.5. The maximum atomic E-state index is 11.9. The summed E-state index contributed by atoms with van der Waals surface area (Å²) in [6.07, 6.45) is 0. The summed E-state index contributed by atoms with van der Waals surface area (Å²) in [6.45, 7) is 1.59. The van der Waals surface area contributed by atoms with Crippen LogP contribution < -0.4 is 9.30 Å². The Morgan fingerprint density at radius 1 is 0.600 bits per heavy atom. The van der Waals surface area contributed by atoms with Gasteiger partial charge in [0, 0.05) is 41.0 Å². The number of nitrogens with zero attached hydrogens (tertiary/aromatic N) is 1. The van der Waals surface area contributed by atoms with Crippen LogP contribution in [0.2, 0.25) is 0 Å². The van der Waals surface area contributed by atoms with Crippen LogP contribution in [-0.4, -0.2) is 12.9 Å². The van der Waals surface area contributed by atoms with Crippen LogP contribution in [0, 0.1) is 0 Å². The zero-order chi connectivity index (χ0) is 24.2. The van der Waals surface area contributed by atoms with Crippen molar-refractivity contribution in [3.8, 4) is 45.1 Å². The van der Waals surface area contributed by atoms with Gasteiger partial charge in [0.15, 0.2) is 5.78 Å². The first kappa shape index (κ1) is 22.3. The van der Waals surface area contributed by atoms with E-state index in [1.54, 1.807) is 14.0 Å². The van der Waals surface area contributed by atoms with E-state index in [0.717, 1.165) is 45.1 Å². The van der Waals surface area contributed by atoms with Crippen molar-refractivity contribution in [2.75, 3.05) is 7.11 Å². The smallest absolute Gasteiger partial charge is 0.219 e. The second kappa shape index (κ2) is 9.78. The molecule has 1 aromatic heterocycles. The van der Waals surface area contributed by atoms with Crippen LogP contribution in [0.1, 0.15) is 17.3 Å². The Kier molecular flexibility index (Phi) is 6.23. The van der Waals surface area contributed by atoms with E-state index >= 15 is 0 Å². The highest BCUT2D eigenvalue weighted by Crippen LogP contribution is 2.31. The number of ether oxygens (including phenoxy) is 1. The minimum Gasteiger partial charge on any atom is -0.497 e. The molecule has 3 heteroatoms. The minimum absolute atomic E-state index is 0.0583. The van der Waals surface area contributed by atoms with Gasteiger partial charge in [-0.2, -0.15) is 4.57 Å². The molecule has 0 unspecified atom stereocenters. The molecule has 0 fully saturated rings. The molecular weight excluding hydrogens is 430 g/mol. The number of Topliss-reactive ketones (excluding diaryl/α,β-unsaturated/α-hetero) is 1. The van der Waals surface area contributed by atoms with Crippen molar-refractivity contribution >= 4 is 5.78 Å². The summed E-state index contributed by atoms with van der Waals surface area (Å²) in [6, 6.07) is 41.2. The van der Waals surface area contributed by atoms with Gasteiger partial charge >= 0.3 is 0 Å². The van der Waals surface area contributed by atoms with Gasteiger partial charge in [0.1, 0.15) is 5.75 Å². The molecule has 5 rings (SSSR count). The molecule has 170 valence electrons. The standard InChI is InChI=1S/C32H26NO2/c1-23(34)24-13-17-29(18-14-24)33-31(26-9-5-3-6-10-26)21-28(25-15-19-30(35-2)20-16-25)22-32(33)27-11-7-4-8-12-27/h3-22H,1-2H3/q+1. The SMILES string of the molecule is COc1ccc(-c2cc(-c3ccccc3)[n+](-c3ccc(C(C)=O)cc3)c(-c3ccccc3)c2)cc1. The topological polar surface area (TPSA) is 30.2 Å². The van der Waals surface area contributed by atoms with Crippen LogP contribution >= 0.6 is 0 Å². The molecule has 0 atom stereocenters. The van der Waals surface area contributed by atoms with Crippen LogP contribution in [-0.2, 0) is 0 Å². The Hall–Kier alpha value is -4.50. The molecule has 0 aliphatic heterocycles. The third-order valence-corrected chi connectivity index (χ3v) is 6.16. The van der Waals surface area contributed by atoms with E-state index in [1.165, 1.54) is 0 Å². The van der Waals surface area contributed by atoms with Gasteiger partial charge in [0.05, 0.1) is 7.11 Å². The third kappa shape index (κ3) is 4.62. The number of ketones is 1. The largest absolute Gasteiger partial charge is 0.497 e. The van der Waals surface area contributed by atoms with Crippen molar-refractivity contribution < 1.29 is 14.1 Å². The molecule has 0 radical (unpaired) electrons. The lowest BCUT2D eigenvalue weighted by atomic mass is 9.98. The number of aromatic nitrogens is 1. The molecule has 5 aromatic rings. The zero-order valence-electron chi connectivity index (χ0n) is 19.8. The first-order valence-corrected chi connectivity index (χ1v) is 11.6. The van der Waals surface area contributed by atoms with E-state index in [0.29, 0.717) is 5.56 Å². The summed E-state index contributed by atoms with van der Waals surface area (Å²) in [5.74, 6) is 0.889. The summed E-state index contributed by atoms with van der Waals surface area (Å²) in [4.78, 5) is 11.9. The Balaban J connectivity index is 1.81. The number of benzene rings is 4. The summed E-state index contributed by atoms with van der Waals surface area (Å²) in [5.41, 5.74) is 8.26. The van der Waals surface area contributed by atoms with Gasteiger partial charge in [-0.3, -0.25) is 4.79 Å². The van der Waals surface area contributed by atoms with Gasteiger partial charge in [-0.25, -0.2) is 0 Å². The molecule has 0 spiro atoms. The van der Waals surface area contributed by atoms with E-state index in [1.807, 2.05) is 48.5 Å². The number of hydrogen-bond acceptors (Lipinski definition) is 2. The number of hydrogen-bond donors (Lipinski definition) is 0. The molecular formula is C32H26NO2+. The molecule has 35 heavy (non-hydrogen) atoms. The van der Waals surface area contributed by atoms with Gasteiger partial charge in [-0.15, -0.1) is 0 Å². The third-order valence-electron chi connectivity index (χ3n) is 6.16. The Morgan fingerprint density at radius 3 is 1.57 bits per heavy atom. The van der Waals surface area contributed by atoms with E-state index in [2.05, 4.69) is 77.4 Å². The van der Waals surface area contributed by atoms with E-state index in [-0.39, 0.29) is 5.78 Å². The molecule has 0 aliphatic carbocycles. The van der Waals surface area contributed by atoms with Gasteiger partial charge in [0.2, 0.25) is 17.1 Å². The molecule has 0 amide bonds. The second-order valence-corrected chi connectivity index (χ2v) is 8.41. The lowest BCUT2D eigenvalue weighted by Gasteiger charge is -2.13. The number of rotatable bonds is 6. The Labute approximate surface area is 205 Å². The summed E-state index contributed by atoms with van der Waals surface area (Å²) in [5, 5.41) is 0. The minimum atomic E-state index is 0.0583. The molecule has 0 aliphatic rings. The van der Waals surface area contributed by atoms with Gasteiger partial charge in [0.25, 0.3) is 0 Å². The maximum Gasteiger partial charge on any atom is 0.219 e. The van der Waals surface area contributed by atoms with Crippen LogP contribution in [0.15, 0.2) is 121 Å². The fourth-order valence-electron chi connectivity index (χ4n) is 4.31. The highest BCUT2D eigenvalue weighted by Gasteiger charge is 2.25. The van der Waals surface area contributed by atoms with Crippen LogP contribution in [0.4, 0.5) is 0 Å². The Bertz CT molecular complexity index is 1400. The normalized spacial score (nSPS) is 10.7. The van der Waals surface area contributed by atoms with Crippen LogP contribution in [0.3, 0.4) is 0 Å². The fraction of sp³-hybridized carbons (Fsp3) is 0.0625. The predicted molar refractivity (Wildman–Crippen MR) is 141 cm³/mol. The maximum absolute atomic E-state index is 11.9. The number of methoxy groups -OCH3 is 1.